The molecule has 8 heteroatoms. The number of alkyl halides is 6. The summed E-state index contributed by atoms with van der Waals surface area (Å²) in [6.45, 7) is 14.8. The van der Waals surface area contributed by atoms with Crippen molar-refractivity contribution in [3.8, 4) is 11.1 Å². The topological polar surface area (TPSA) is 6.48 Å². The highest BCUT2D eigenvalue weighted by molar-refractivity contribution is 5.82. The number of fused-ring (bicyclic) bond motifs is 3. The lowest BCUT2D eigenvalue weighted by Crippen LogP contribution is -2.40. The Bertz CT molecular complexity index is 2390. The van der Waals surface area contributed by atoms with Crippen molar-refractivity contribution in [2.24, 2.45) is 0 Å². The van der Waals surface area contributed by atoms with E-state index in [1.165, 1.54) is 0 Å². The van der Waals surface area contributed by atoms with E-state index in [0.717, 1.165) is 80.1 Å². The zero-order valence-corrected chi connectivity index (χ0v) is 33.9. The van der Waals surface area contributed by atoms with E-state index in [4.69, 9.17) is 0 Å². The third-order valence-electron chi connectivity index (χ3n) is 12.1. The van der Waals surface area contributed by atoms with Crippen molar-refractivity contribution in [3.05, 3.63) is 178 Å². The van der Waals surface area contributed by atoms with Gasteiger partial charge in [-0.15, -0.1) is 0 Å². The molecule has 6 aromatic carbocycles. The van der Waals surface area contributed by atoms with Gasteiger partial charge in [0.05, 0.1) is 22.7 Å². The van der Waals surface area contributed by atoms with Gasteiger partial charge < -0.3 is 9.80 Å². The van der Waals surface area contributed by atoms with Crippen molar-refractivity contribution >= 4 is 22.7 Å². The van der Waals surface area contributed by atoms with Gasteiger partial charge in [0.25, 0.3) is 0 Å². The van der Waals surface area contributed by atoms with Gasteiger partial charge in [0.15, 0.2) is 0 Å². The van der Waals surface area contributed by atoms with Crippen molar-refractivity contribution in [3.63, 3.8) is 0 Å². The number of aryl methyl sites for hydroxylation is 2. The van der Waals surface area contributed by atoms with E-state index in [0.29, 0.717) is 24.2 Å². The zero-order valence-electron chi connectivity index (χ0n) is 33.9. The van der Waals surface area contributed by atoms with Gasteiger partial charge >= 0.3 is 12.4 Å². The Morgan fingerprint density at radius 1 is 0.517 bits per heavy atom. The van der Waals surface area contributed by atoms with Crippen LogP contribution in [0.25, 0.3) is 11.1 Å². The molecule has 1 aliphatic carbocycles. The molecule has 1 aliphatic rings. The highest BCUT2D eigenvalue weighted by atomic mass is 19.4. The standard InChI is InChI=1S/C50H48F6N2/c1-8-46(57(38-20-10-32(3)11-21-38)39-24-15-35(16-25-39)49(51,52)53)34-14-28-42-43-29-19-37(31-45(43)47(5,6)44(42)30-34)48(7,9-2)58(40-22-12-33(4)13-23-40)41-26-17-36(18-27-41)50(54,55)56/h10-31,46H,8-9H2,1-7H3. The van der Waals surface area contributed by atoms with Gasteiger partial charge in [0, 0.05) is 28.2 Å². The van der Waals surface area contributed by atoms with Crippen LogP contribution in [0.2, 0.25) is 0 Å². The predicted octanol–water partition coefficient (Wildman–Crippen LogP) is 15.4. The number of rotatable bonds is 10. The van der Waals surface area contributed by atoms with E-state index < -0.39 is 34.4 Å². The van der Waals surface area contributed by atoms with E-state index in [2.05, 4.69) is 80.8 Å². The van der Waals surface area contributed by atoms with Crippen LogP contribution in [0.4, 0.5) is 49.1 Å². The first kappa shape index (κ1) is 40.7. The Kier molecular flexibility index (Phi) is 10.5. The Hall–Kier alpha value is -5.50. The molecule has 2 atom stereocenters. The van der Waals surface area contributed by atoms with Crippen LogP contribution in [0.3, 0.4) is 0 Å². The van der Waals surface area contributed by atoms with Gasteiger partial charge in [-0.3, -0.25) is 0 Å². The van der Waals surface area contributed by atoms with Gasteiger partial charge in [-0.25, -0.2) is 0 Å². The fourth-order valence-electron chi connectivity index (χ4n) is 8.59. The predicted molar refractivity (Wildman–Crippen MR) is 224 cm³/mol. The number of anilines is 4. The zero-order chi connectivity index (χ0) is 41.8. The first-order chi connectivity index (χ1) is 27.4. The van der Waals surface area contributed by atoms with Crippen molar-refractivity contribution < 1.29 is 26.3 Å². The van der Waals surface area contributed by atoms with Crippen LogP contribution in [0.1, 0.15) is 98.0 Å². The number of benzene rings is 6. The second-order valence-corrected chi connectivity index (χ2v) is 16.2. The summed E-state index contributed by atoms with van der Waals surface area (Å²) in [4.78, 5) is 4.27. The van der Waals surface area contributed by atoms with E-state index in [-0.39, 0.29) is 6.04 Å². The number of hydrogen-bond acceptors (Lipinski definition) is 2. The van der Waals surface area contributed by atoms with Gasteiger partial charge in [-0.1, -0.05) is 99.5 Å². The minimum absolute atomic E-state index is 0.185. The lowest BCUT2D eigenvalue weighted by molar-refractivity contribution is -0.138. The maximum Gasteiger partial charge on any atom is 0.416 e. The average molecular weight is 791 g/mol. The lowest BCUT2D eigenvalue weighted by Gasteiger charge is -2.44. The normalized spacial score (nSPS) is 15.0. The molecule has 0 saturated carbocycles. The summed E-state index contributed by atoms with van der Waals surface area (Å²) >= 11 is 0. The Balaban J connectivity index is 1.30. The Labute approximate surface area is 337 Å². The summed E-state index contributed by atoms with van der Waals surface area (Å²) < 4.78 is 81.8. The van der Waals surface area contributed by atoms with Gasteiger partial charge in [-0.2, -0.15) is 26.3 Å². The van der Waals surface area contributed by atoms with E-state index >= 15 is 0 Å². The van der Waals surface area contributed by atoms with Gasteiger partial charge in [-0.05, 0) is 140 Å². The smallest absolute Gasteiger partial charge is 0.334 e. The van der Waals surface area contributed by atoms with Crippen molar-refractivity contribution in [2.45, 2.75) is 90.7 Å². The number of nitrogens with zero attached hydrogens (tertiary/aromatic N) is 2. The molecule has 0 amide bonds. The molecule has 6 aromatic rings. The van der Waals surface area contributed by atoms with Crippen LogP contribution >= 0.6 is 0 Å². The van der Waals surface area contributed by atoms with Gasteiger partial charge in [0.1, 0.15) is 0 Å². The maximum absolute atomic E-state index is 13.7. The van der Waals surface area contributed by atoms with Crippen LogP contribution in [0.5, 0.6) is 0 Å². The molecule has 0 radical (unpaired) electrons. The molecule has 2 unspecified atom stereocenters. The molecular weight excluding hydrogens is 743 g/mol. The molecule has 0 fully saturated rings. The molecule has 0 saturated heterocycles. The molecular formula is C50H48F6N2. The molecule has 300 valence electrons. The first-order valence-electron chi connectivity index (χ1n) is 19.7. The average Bonchev–Trinajstić information content (AvgIpc) is 3.42. The summed E-state index contributed by atoms with van der Waals surface area (Å²) in [5, 5.41) is 0. The second kappa shape index (κ2) is 15.0. The highest BCUT2D eigenvalue weighted by Gasteiger charge is 2.41. The molecule has 0 aliphatic heterocycles. The quantitative estimate of drug-likeness (QED) is 0.128. The molecule has 0 bridgehead atoms. The summed E-state index contributed by atoms with van der Waals surface area (Å²) in [5.74, 6) is 0. The third-order valence-corrected chi connectivity index (χ3v) is 12.1. The molecule has 0 N–H and O–H groups in total. The van der Waals surface area contributed by atoms with Crippen molar-refractivity contribution in [2.75, 3.05) is 9.80 Å². The molecule has 0 heterocycles. The maximum atomic E-state index is 13.7. The van der Waals surface area contributed by atoms with Crippen LogP contribution in [-0.2, 0) is 23.3 Å². The minimum atomic E-state index is -4.44. The summed E-state index contributed by atoms with van der Waals surface area (Å²) in [6, 6.07) is 39.9. The molecule has 0 aromatic heterocycles. The van der Waals surface area contributed by atoms with Crippen LogP contribution < -0.4 is 9.80 Å². The Morgan fingerprint density at radius 2 is 0.914 bits per heavy atom. The number of hydrogen-bond donors (Lipinski definition) is 0. The van der Waals surface area contributed by atoms with E-state index in [1.807, 2.05) is 62.4 Å². The summed E-state index contributed by atoms with van der Waals surface area (Å²) in [7, 11) is 0. The SMILES string of the molecule is CCC(c1ccc2c(c1)C(C)(C)c1cc(C(C)(CC)N(c3ccc(C)cc3)c3ccc(C(F)(F)F)cc3)ccc1-2)N(c1ccc(C)cc1)c1ccc(C(F)(F)F)cc1. The van der Waals surface area contributed by atoms with Crippen molar-refractivity contribution in [1.29, 1.82) is 0 Å². The minimum Gasteiger partial charge on any atom is -0.334 e. The first-order valence-corrected chi connectivity index (χ1v) is 19.7. The summed E-state index contributed by atoms with van der Waals surface area (Å²) in [6.07, 6.45) is -7.53. The third kappa shape index (κ3) is 7.38. The molecule has 58 heavy (non-hydrogen) atoms. The summed E-state index contributed by atoms with van der Waals surface area (Å²) in [5.41, 5.74) is 9.44. The second-order valence-electron chi connectivity index (χ2n) is 16.2. The van der Waals surface area contributed by atoms with Crippen LogP contribution in [0.15, 0.2) is 133 Å². The van der Waals surface area contributed by atoms with Crippen LogP contribution in [-0.4, -0.2) is 0 Å². The molecule has 2 nitrogen and oxygen atoms in total. The van der Waals surface area contributed by atoms with Crippen molar-refractivity contribution in [1.82, 2.24) is 0 Å². The van der Waals surface area contributed by atoms with E-state index in [1.54, 1.807) is 24.3 Å². The molecule has 7 rings (SSSR count). The largest absolute Gasteiger partial charge is 0.416 e. The Morgan fingerprint density at radius 3 is 1.36 bits per heavy atom. The fourth-order valence-corrected chi connectivity index (χ4v) is 8.59. The highest BCUT2D eigenvalue weighted by Crippen LogP contribution is 2.52. The lowest BCUT2D eigenvalue weighted by atomic mass is 9.78. The fraction of sp³-hybridized carbons (Fsp3) is 0.280. The molecule has 0 spiro atoms. The number of halogens is 6. The monoisotopic (exact) mass is 790 g/mol. The van der Waals surface area contributed by atoms with Gasteiger partial charge in [0.2, 0.25) is 0 Å². The van der Waals surface area contributed by atoms with E-state index in [9.17, 15) is 26.3 Å². The van der Waals surface area contributed by atoms with Crippen LogP contribution in [0, 0.1) is 13.8 Å².